The van der Waals surface area contributed by atoms with E-state index in [1.54, 1.807) is 31.2 Å². The van der Waals surface area contributed by atoms with E-state index < -0.39 is 27.6 Å². The first-order chi connectivity index (χ1) is 11.4. The van der Waals surface area contributed by atoms with Crippen LogP contribution in [0.5, 0.6) is 11.5 Å². The smallest absolute Gasteiger partial charge is 0.216 e. The van der Waals surface area contributed by atoms with Crippen molar-refractivity contribution in [1.29, 1.82) is 0 Å². The van der Waals surface area contributed by atoms with Crippen molar-refractivity contribution in [3.05, 3.63) is 59.4 Å². The number of ether oxygens (including phenoxy) is 2. The van der Waals surface area contributed by atoms with Crippen LogP contribution in [0.25, 0.3) is 0 Å². The summed E-state index contributed by atoms with van der Waals surface area (Å²) in [7, 11) is -3.69. The Morgan fingerprint density at radius 1 is 1.12 bits per heavy atom. The minimum absolute atomic E-state index is 0.138. The molecule has 5 nitrogen and oxygen atoms in total. The van der Waals surface area contributed by atoms with Crippen LogP contribution in [0.4, 0.5) is 4.39 Å². The number of halogens is 1. The molecule has 0 amide bonds. The van der Waals surface area contributed by atoms with Crippen molar-refractivity contribution in [3.63, 3.8) is 0 Å². The molecule has 0 aliphatic carbocycles. The van der Waals surface area contributed by atoms with Gasteiger partial charge in [-0.25, -0.2) is 17.5 Å². The Morgan fingerprint density at radius 3 is 2.58 bits per heavy atom. The van der Waals surface area contributed by atoms with Gasteiger partial charge in [0, 0.05) is 11.6 Å². The topological polar surface area (TPSA) is 64.6 Å². The summed E-state index contributed by atoms with van der Waals surface area (Å²) in [5.41, 5.74) is 0.885. The van der Waals surface area contributed by atoms with Gasteiger partial charge in [0.1, 0.15) is 19.0 Å². The minimum atomic E-state index is -3.69. The van der Waals surface area contributed by atoms with Crippen molar-refractivity contribution < 1.29 is 22.3 Å². The first-order valence-corrected chi connectivity index (χ1v) is 9.23. The van der Waals surface area contributed by atoms with Gasteiger partial charge >= 0.3 is 0 Å². The number of benzene rings is 2. The fraction of sp³-hybridized carbons (Fsp3) is 0.294. The molecule has 1 aliphatic rings. The lowest BCUT2D eigenvalue weighted by Crippen LogP contribution is -2.28. The first kappa shape index (κ1) is 16.7. The van der Waals surface area contributed by atoms with E-state index in [-0.39, 0.29) is 5.56 Å². The van der Waals surface area contributed by atoms with Gasteiger partial charge in [-0.1, -0.05) is 24.3 Å². The molecule has 0 radical (unpaired) electrons. The summed E-state index contributed by atoms with van der Waals surface area (Å²) in [4.78, 5) is 0. The Labute approximate surface area is 140 Å². The highest BCUT2D eigenvalue weighted by Gasteiger charge is 2.20. The third kappa shape index (κ3) is 3.85. The Balaban J connectivity index is 1.74. The third-order valence-electron chi connectivity index (χ3n) is 3.73. The molecule has 1 aliphatic heterocycles. The van der Waals surface area contributed by atoms with E-state index in [1.807, 2.05) is 0 Å². The molecule has 0 unspecified atom stereocenters. The molecule has 3 rings (SSSR count). The van der Waals surface area contributed by atoms with Crippen LogP contribution >= 0.6 is 0 Å². The maximum Gasteiger partial charge on any atom is 0.216 e. The number of nitrogens with one attached hydrogen (secondary N) is 1. The quantitative estimate of drug-likeness (QED) is 0.900. The standard InChI is InChI=1S/C17H18FNO4S/c1-12(13-6-7-16-17(10-13)23-9-8-22-16)19-24(20,21)11-14-4-2-3-5-15(14)18/h2-7,10,12,19H,8-9,11H2,1H3/t12-/m0/s1. The molecule has 2 aromatic carbocycles. The third-order valence-corrected chi connectivity index (χ3v) is 5.13. The summed E-state index contributed by atoms with van der Waals surface area (Å²) >= 11 is 0. The molecule has 2 aromatic rings. The second-order valence-electron chi connectivity index (χ2n) is 5.59. The van der Waals surface area contributed by atoms with E-state index in [1.165, 1.54) is 18.2 Å². The Hall–Kier alpha value is -2.12. The SMILES string of the molecule is C[C@H](NS(=O)(=O)Cc1ccccc1F)c1ccc2c(c1)OCCO2. The summed E-state index contributed by atoms with van der Waals surface area (Å²) in [5, 5.41) is 0. The molecule has 7 heteroatoms. The lowest BCUT2D eigenvalue weighted by Gasteiger charge is -2.21. The summed E-state index contributed by atoms with van der Waals surface area (Å²) in [5.74, 6) is 0.300. The fourth-order valence-corrected chi connectivity index (χ4v) is 3.93. The van der Waals surface area contributed by atoms with E-state index in [2.05, 4.69) is 4.72 Å². The van der Waals surface area contributed by atoms with Crippen molar-refractivity contribution >= 4 is 10.0 Å². The van der Waals surface area contributed by atoms with Crippen LogP contribution in [0.15, 0.2) is 42.5 Å². The highest BCUT2D eigenvalue weighted by Crippen LogP contribution is 2.32. The van der Waals surface area contributed by atoms with Crippen molar-refractivity contribution in [2.24, 2.45) is 0 Å². The van der Waals surface area contributed by atoms with E-state index in [0.717, 1.165) is 5.56 Å². The minimum Gasteiger partial charge on any atom is -0.486 e. The van der Waals surface area contributed by atoms with Gasteiger partial charge in [-0.15, -0.1) is 0 Å². The fourth-order valence-electron chi connectivity index (χ4n) is 2.53. The number of rotatable bonds is 5. The zero-order valence-electron chi connectivity index (χ0n) is 13.2. The van der Waals surface area contributed by atoms with Gasteiger partial charge in [-0.05, 0) is 30.7 Å². The molecule has 0 fully saturated rings. The van der Waals surface area contributed by atoms with Crippen LogP contribution < -0.4 is 14.2 Å². The maximum absolute atomic E-state index is 13.6. The molecule has 1 atom stereocenters. The maximum atomic E-state index is 13.6. The molecule has 0 bridgehead atoms. The van der Waals surface area contributed by atoms with Crippen molar-refractivity contribution in [1.82, 2.24) is 4.72 Å². The van der Waals surface area contributed by atoms with Crippen LogP contribution in [-0.2, 0) is 15.8 Å². The normalized spacial score (nSPS) is 15.1. The van der Waals surface area contributed by atoms with E-state index in [0.29, 0.717) is 24.7 Å². The predicted molar refractivity (Wildman–Crippen MR) is 88.0 cm³/mol. The summed E-state index contributed by atoms with van der Waals surface area (Å²) < 4.78 is 51.7. The number of hydrogen-bond donors (Lipinski definition) is 1. The molecule has 1 N–H and O–H groups in total. The van der Waals surface area contributed by atoms with Crippen LogP contribution in [0.3, 0.4) is 0 Å². The molecule has 0 saturated heterocycles. The van der Waals surface area contributed by atoms with Gasteiger partial charge < -0.3 is 9.47 Å². The highest BCUT2D eigenvalue weighted by molar-refractivity contribution is 7.88. The lowest BCUT2D eigenvalue weighted by molar-refractivity contribution is 0.171. The zero-order valence-corrected chi connectivity index (χ0v) is 14.0. The number of fused-ring (bicyclic) bond motifs is 1. The second-order valence-corrected chi connectivity index (χ2v) is 7.35. The molecular formula is C17H18FNO4S. The highest BCUT2D eigenvalue weighted by atomic mass is 32.2. The molecule has 1 heterocycles. The molecule has 0 spiro atoms. The monoisotopic (exact) mass is 351 g/mol. The largest absolute Gasteiger partial charge is 0.486 e. The van der Waals surface area contributed by atoms with E-state index in [9.17, 15) is 12.8 Å². The molecule has 0 saturated carbocycles. The van der Waals surface area contributed by atoms with Gasteiger partial charge in [-0.3, -0.25) is 0 Å². The molecule has 0 aromatic heterocycles. The van der Waals surface area contributed by atoms with Crippen molar-refractivity contribution in [2.75, 3.05) is 13.2 Å². The van der Waals surface area contributed by atoms with Gasteiger partial charge in [0.15, 0.2) is 11.5 Å². The van der Waals surface area contributed by atoms with Crippen LogP contribution in [0, 0.1) is 5.82 Å². The predicted octanol–water partition coefficient (Wildman–Crippen LogP) is 2.78. The van der Waals surface area contributed by atoms with Gasteiger partial charge in [-0.2, -0.15) is 0 Å². The summed E-state index contributed by atoms with van der Waals surface area (Å²) in [6.07, 6.45) is 0. The first-order valence-electron chi connectivity index (χ1n) is 7.57. The average molecular weight is 351 g/mol. The van der Waals surface area contributed by atoms with Gasteiger partial charge in [0.05, 0.1) is 5.75 Å². The van der Waals surface area contributed by atoms with Crippen LogP contribution in [0.2, 0.25) is 0 Å². The Bertz CT molecular complexity index is 838. The Kier molecular flexibility index (Phi) is 4.73. The van der Waals surface area contributed by atoms with Gasteiger partial charge in [0.25, 0.3) is 0 Å². The average Bonchev–Trinajstić information content (AvgIpc) is 2.56. The number of hydrogen-bond acceptors (Lipinski definition) is 4. The van der Waals surface area contributed by atoms with Crippen LogP contribution in [-0.4, -0.2) is 21.6 Å². The van der Waals surface area contributed by atoms with E-state index in [4.69, 9.17) is 9.47 Å². The number of sulfonamides is 1. The molecule has 128 valence electrons. The Morgan fingerprint density at radius 2 is 1.83 bits per heavy atom. The van der Waals surface area contributed by atoms with Crippen molar-refractivity contribution in [2.45, 2.75) is 18.7 Å². The zero-order chi connectivity index (χ0) is 17.2. The summed E-state index contributed by atoms with van der Waals surface area (Å²) in [6.45, 7) is 2.69. The van der Waals surface area contributed by atoms with E-state index >= 15 is 0 Å². The lowest BCUT2D eigenvalue weighted by atomic mass is 10.1. The second kappa shape index (κ2) is 6.78. The molecule has 24 heavy (non-hydrogen) atoms. The summed E-state index contributed by atoms with van der Waals surface area (Å²) in [6, 6.07) is 10.7. The van der Waals surface area contributed by atoms with Crippen molar-refractivity contribution in [3.8, 4) is 11.5 Å². The van der Waals surface area contributed by atoms with Gasteiger partial charge in [0.2, 0.25) is 10.0 Å². The molecular weight excluding hydrogens is 333 g/mol. The van der Waals surface area contributed by atoms with Crippen LogP contribution in [0.1, 0.15) is 24.1 Å².